The molecule has 1 unspecified atom stereocenters. The highest BCUT2D eigenvalue weighted by molar-refractivity contribution is 9.10. The normalized spacial score (nSPS) is 11.6. The Morgan fingerprint density at radius 3 is 2.68 bits per heavy atom. The number of amides is 1. The van der Waals surface area contributed by atoms with Gasteiger partial charge in [-0.25, -0.2) is 0 Å². The molecule has 0 aromatic heterocycles. The molecule has 0 heterocycles. The molecule has 0 radical (unpaired) electrons. The van der Waals surface area contributed by atoms with E-state index in [1.165, 1.54) is 7.11 Å². The predicted molar refractivity (Wildman–Crippen MR) is 112 cm³/mol. The van der Waals surface area contributed by atoms with Crippen molar-refractivity contribution in [3.8, 4) is 17.2 Å². The molecule has 2 N–H and O–H groups in total. The van der Waals surface area contributed by atoms with Crippen LogP contribution >= 0.6 is 39.1 Å². The minimum absolute atomic E-state index is 0.00976. The maximum Gasteiger partial charge on any atom is 0.251 e. The fourth-order valence-corrected chi connectivity index (χ4v) is 3.19. The van der Waals surface area contributed by atoms with E-state index < -0.39 is 6.10 Å². The highest BCUT2D eigenvalue weighted by Gasteiger charge is 2.16. The molecule has 2 rings (SSSR count). The van der Waals surface area contributed by atoms with E-state index in [1.54, 1.807) is 30.3 Å². The molecule has 0 fully saturated rings. The number of carbonyl (C=O) groups is 1. The minimum atomic E-state index is -0.938. The Labute approximate surface area is 181 Å². The van der Waals surface area contributed by atoms with Crippen molar-refractivity contribution in [2.24, 2.45) is 0 Å². The lowest BCUT2D eigenvalue weighted by atomic mass is 10.2. The summed E-state index contributed by atoms with van der Waals surface area (Å²) in [5.74, 6) is 0.941. The molecule has 1 atom stereocenters. The molecule has 1 amide bonds. The van der Waals surface area contributed by atoms with E-state index >= 15 is 0 Å². The lowest BCUT2D eigenvalue weighted by Gasteiger charge is -2.16. The van der Waals surface area contributed by atoms with E-state index in [-0.39, 0.29) is 24.1 Å². The molecule has 0 bridgehead atoms. The number of methoxy groups -OCH3 is 1. The summed E-state index contributed by atoms with van der Waals surface area (Å²) < 4.78 is 16.8. The van der Waals surface area contributed by atoms with E-state index in [1.807, 2.05) is 6.92 Å². The fourth-order valence-electron chi connectivity index (χ4n) is 2.29. The summed E-state index contributed by atoms with van der Waals surface area (Å²) in [6.45, 7) is 2.25. The first-order valence-electron chi connectivity index (χ1n) is 8.40. The molecule has 0 spiro atoms. The summed E-state index contributed by atoms with van der Waals surface area (Å²) in [5.41, 5.74) is 0.359. The second-order valence-electron chi connectivity index (χ2n) is 5.65. The molecule has 2 aromatic rings. The Bertz CT molecular complexity index is 834. The van der Waals surface area contributed by atoms with Crippen molar-refractivity contribution in [3.05, 3.63) is 50.4 Å². The fraction of sp³-hybridized carbons (Fsp3) is 0.316. The molecular weight excluding hydrogens is 473 g/mol. The molecule has 28 heavy (non-hydrogen) atoms. The van der Waals surface area contributed by atoms with Crippen LogP contribution in [0.15, 0.2) is 34.8 Å². The number of nitrogens with one attached hydrogen (secondary N) is 1. The van der Waals surface area contributed by atoms with Crippen LogP contribution in [-0.4, -0.2) is 44.0 Å². The number of carbonyl (C=O) groups excluding carboxylic acids is 1. The van der Waals surface area contributed by atoms with Crippen molar-refractivity contribution in [2.45, 2.75) is 13.0 Å². The average Bonchev–Trinajstić information content (AvgIpc) is 2.68. The lowest BCUT2D eigenvalue weighted by molar-refractivity contribution is 0.0843. The van der Waals surface area contributed by atoms with Crippen LogP contribution in [0.1, 0.15) is 17.3 Å². The van der Waals surface area contributed by atoms with Crippen molar-refractivity contribution in [2.75, 3.05) is 26.9 Å². The van der Waals surface area contributed by atoms with Gasteiger partial charge in [-0.2, -0.15) is 0 Å². The van der Waals surface area contributed by atoms with E-state index in [2.05, 4.69) is 21.2 Å². The third-order valence-electron chi connectivity index (χ3n) is 3.63. The first-order chi connectivity index (χ1) is 13.4. The molecule has 0 aliphatic heterocycles. The number of aliphatic hydroxyl groups is 1. The number of benzene rings is 2. The topological polar surface area (TPSA) is 77.0 Å². The molecule has 0 saturated carbocycles. The standard InChI is InChI=1S/C19H20BrCl2NO5/c1-3-27-18-13(20)7-11(8-16(18)26-2)19(25)23-9-12(24)10-28-15-6-4-5-14(21)17(15)22/h4-8,12,24H,3,9-10H2,1-2H3,(H,23,25). The monoisotopic (exact) mass is 491 g/mol. The molecule has 2 aromatic carbocycles. The van der Waals surface area contributed by atoms with Gasteiger partial charge in [-0.3, -0.25) is 4.79 Å². The second-order valence-corrected chi connectivity index (χ2v) is 7.29. The van der Waals surface area contributed by atoms with Crippen molar-refractivity contribution in [3.63, 3.8) is 0 Å². The third kappa shape index (κ3) is 5.91. The van der Waals surface area contributed by atoms with Crippen molar-refractivity contribution >= 4 is 45.0 Å². The SMILES string of the molecule is CCOc1c(Br)cc(C(=O)NCC(O)COc2cccc(Cl)c2Cl)cc1OC. The first-order valence-corrected chi connectivity index (χ1v) is 9.95. The van der Waals surface area contributed by atoms with E-state index in [4.69, 9.17) is 37.4 Å². The average molecular weight is 493 g/mol. The summed E-state index contributed by atoms with van der Waals surface area (Å²) in [5, 5.41) is 13.3. The predicted octanol–water partition coefficient (Wildman–Crippen LogP) is 4.33. The Balaban J connectivity index is 1.94. The van der Waals surface area contributed by atoms with Gasteiger partial charge in [0.2, 0.25) is 0 Å². The summed E-state index contributed by atoms with van der Waals surface area (Å²) >= 11 is 15.3. The Kier molecular flexibility index (Phi) is 8.69. The molecule has 152 valence electrons. The maximum absolute atomic E-state index is 12.4. The summed E-state index contributed by atoms with van der Waals surface area (Å²) in [6, 6.07) is 8.16. The zero-order chi connectivity index (χ0) is 20.7. The zero-order valence-corrected chi connectivity index (χ0v) is 18.4. The van der Waals surface area contributed by atoms with Gasteiger partial charge in [-0.15, -0.1) is 0 Å². The van der Waals surface area contributed by atoms with Gasteiger partial charge in [0.05, 0.1) is 23.2 Å². The summed E-state index contributed by atoms with van der Waals surface area (Å²) in [7, 11) is 1.49. The van der Waals surface area contributed by atoms with Gasteiger partial charge in [0.15, 0.2) is 11.5 Å². The first kappa shape index (κ1) is 22.6. The van der Waals surface area contributed by atoms with Crippen LogP contribution in [0, 0.1) is 0 Å². The molecule has 0 saturated heterocycles. The van der Waals surface area contributed by atoms with Crippen LogP contribution in [0.25, 0.3) is 0 Å². The van der Waals surface area contributed by atoms with Crippen LogP contribution in [-0.2, 0) is 0 Å². The Morgan fingerprint density at radius 2 is 2.00 bits per heavy atom. The van der Waals surface area contributed by atoms with Crippen molar-refractivity contribution in [1.82, 2.24) is 5.32 Å². The van der Waals surface area contributed by atoms with Crippen LogP contribution in [0.3, 0.4) is 0 Å². The molecule has 0 aliphatic rings. The zero-order valence-electron chi connectivity index (χ0n) is 15.3. The molecule has 0 aliphatic carbocycles. The van der Waals surface area contributed by atoms with Crippen LogP contribution in [0.2, 0.25) is 10.0 Å². The van der Waals surface area contributed by atoms with E-state index in [0.717, 1.165) is 0 Å². The van der Waals surface area contributed by atoms with Crippen LogP contribution < -0.4 is 19.5 Å². The maximum atomic E-state index is 12.4. The third-order valence-corrected chi connectivity index (χ3v) is 5.02. The van der Waals surface area contributed by atoms with Gasteiger partial charge in [0, 0.05) is 12.1 Å². The van der Waals surface area contributed by atoms with Gasteiger partial charge in [-0.05, 0) is 47.1 Å². The summed E-state index contributed by atoms with van der Waals surface area (Å²) in [4.78, 5) is 12.4. The smallest absolute Gasteiger partial charge is 0.251 e. The minimum Gasteiger partial charge on any atom is -0.493 e. The molecular formula is C19H20BrCl2NO5. The number of hydrogen-bond donors (Lipinski definition) is 2. The van der Waals surface area contributed by atoms with Gasteiger partial charge < -0.3 is 24.6 Å². The number of halogens is 3. The lowest BCUT2D eigenvalue weighted by Crippen LogP contribution is -2.35. The largest absolute Gasteiger partial charge is 0.493 e. The molecule has 6 nitrogen and oxygen atoms in total. The number of rotatable bonds is 9. The van der Waals surface area contributed by atoms with Crippen LogP contribution in [0.4, 0.5) is 0 Å². The van der Waals surface area contributed by atoms with Gasteiger partial charge in [0.25, 0.3) is 5.91 Å². The number of hydrogen-bond acceptors (Lipinski definition) is 5. The van der Waals surface area contributed by atoms with Gasteiger partial charge >= 0.3 is 0 Å². The van der Waals surface area contributed by atoms with E-state index in [9.17, 15) is 9.90 Å². The highest BCUT2D eigenvalue weighted by Crippen LogP contribution is 2.36. The van der Waals surface area contributed by atoms with Gasteiger partial charge in [0.1, 0.15) is 23.5 Å². The number of aliphatic hydroxyl groups excluding tert-OH is 1. The van der Waals surface area contributed by atoms with Crippen LogP contribution in [0.5, 0.6) is 17.2 Å². The molecule has 9 heteroatoms. The Hall–Kier alpha value is -1.67. The quantitative estimate of drug-likeness (QED) is 0.544. The van der Waals surface area contributed by atoms with Gasteiger partial charge in [-0.1, -0.05) is 29.3 Å². The Morgan fingerprint density at radius 1 is 1.25 bits per heavy atom. The number of ether oxygens (including phenoxy) is 3. The van der Waals surface area contributed by atoms with E-state index in [0.29, 0.717) is 38.9 Å². The summed E-state index contributed by atoms with van der Waals surface area (Å²) in [6.07, 6.45) is -0.938. The van der Waals surface area contributed by atoms with Crippen molar-refractivity contribution < 1.29 is 24.1 Å². The second kappa shape index (κ2) is 10.8. The van der Waals surface area contributed by atoms with Crippen molar-refractivity contribution in [1.29, 1.82) is 0 Å². The highest BCUT2D eigenvalue weighted by atomic mass is 79.9.